The van der Waals surface area contributed by atoms with E-state index < -0.39 is 0 Å². The van der Waals surface area contributed by atoms with E-state index in [4.69, 9.17) is 4.74 Å². The van der Waals surface area contributed by atoms with Gasteiger partial charge in [-0.1, -0.05) is 0 Å². The van der Waals surface area contributed by atoms with Crippen molar-refractivity contribution >= 4 is 21.6 Å². The Kier molecular flexibility index (Phi) is 2.60. The smallest absolute Gasteiger partial charge is 0.259 e. The summed E-state index contributed by atoms with van der Waals surface area (Å²) in [7, 11) is 1.64. The maximum absolute atomic E-state index is 11.6. The molecule has 3 aromatic rings. The zero-order valence-corrected chi connectivity index (χ0v) is 10.5. The molecule has 1 N–H and O–H groups in total. The molecule has 18 heavy (non-hydrogen) atoms. The third kappa shape index (κ3) is 1.78. The van der Waals surface area contributed by atoms with Crippen LogP contribution in [0.1, 0.15) is 0 Å². The SMILES string of the molecule is COc1ccc(-c2cc3c(=O)[nH]cnc3s2)cc1. The van der Waals surface area contributed by atoms with Crippen LogP contribution in [0.3, 0.4) is 0 Å². The van der Waals surface area contributed by atoms with Gasteiger partial charge in [-0.05, 0) is 35.9 Å². The fraction of sp³-hybridized carbons (Fsp3) is 0.0769. The van der Waals surface area contributed by atoms with Crippen LogP contribution >= 0.6 is 11.3 Å². The molecule has 1 aromatic carbocycles. The molecule has 0 amide bonds. The molecule has 0 bridgehead atoms. The minimum Gasteiger partial charge on any atom is -0.497 e. The van der Waals surface area contributed by atoms with Gasteiger partial charge in [0.2, 0.25) is 0 Å². The van der Waals surface area contributed by atoms with Gasteiger partial charge in [0.05, 0.1) is 18.8 Å². The molecule has 0 spiro atoms. The summed E-state index contributed by atoms with van der Waals surface area (Å²) in [6, 6.07) is 9.61. The predicted molar refractivity (Wildman–Crippen MR) is 72.2 cm³/mol. The fourth-order valence-corrected chi connectivity index (χ4v) is 2.77. The second-order valence-electron chi connectivity index (χ2n) is 3.79. The summed E-state index contributed by atoms with van der Waals surface area (Å²) in [6.45, 7) is 0. The highest BCUT2D eigenvalue weighted by atomic mass is 32.1. The average Bonchev–Trinajstić information content (AvgIpc) is 2.84. The van der Waals surface area contributed by atoms with Crippen molar-refractivity contribution in [3.63, 3.8) is 0 Å². The molecule has 5 heteroatoms. The zero-order chi connectivity index (χ0) is 12.5. The number of aromatic nitrogens is 2. The molecule has 0 fully saturated rings. The van der Waals surface area contributed by atoms with Gasteiger partial charge in [-0.3, -0.25) is 4.79 Å². The Bertz CT molecular complexity index is 744. The Morgan fingerprint density at radius 1 is 1.28 bits per heavy atom. The average molecular weight is 258 g/mol. The maximum atomic E-state index is 11.6. The van der Waals surface area contributed by atoms with Gasteiger partial charge in [-0.25, -0.2) is 4.98 Å². The lowest BCUT2D eigenvalue weighted by Gasteiger charge is -2.00. The number of nitrogens with one attached hydrogen (secondary N) is 1. The number of H-pyrrole nitrogens is 1. The molecule has 2 heterocycles. The molecule has 0 radical (unpaired) electrons. The van der Waals surface area contributed by atoms with Gasteiger partial charge in [0.25, 0.3) is 5.56 Å². The van der Waals surface area contributed by atoms with Gasteiger partial charge < -0.3 is 9.72 Å². The summed E-state index contributed by atoms with van der Waals surface area (Å²) in [6.07, 6.45) is 1.43. The van der Waals surface area contributed by atoms with Crippen LogP contribution in [0.4, 0.5) is 0 Å². The van der Waals surface area contributed by atoms with E-state index in [2.05, 4.69) is 9.97 Å². The van der Waals surface area contributed by atoms with Gasteiger partial charge in [-0.2, -0.15) is 0 Å². The molecule has 0 unspecified atom stereocenters. The fourth-order valence-electron chi connectivity index (χ4n) is 1.76. The van der Waals surface area contributed by atoms with Crippen LogP contribution in [0, 0.1) is 0 Å². The Morgan fingerprint density at radius 3 is 2.72 bits per heavy atom. The zero-order valence-electron chi connectivity index (χ0n) is 9.64. The number of thiophene rings is 1. The van der Waals surface area contributed by atoms with E-state index in [0.717, 1.165) is 21.0 Å². The first-order valence-electron chi connectivity index (χ1n) is 5.39. The predicted octanol–water partition coefficient (Wildman–Crippen LogP) is 2.66. The van der Waals surface area contributed by atoms with Crippen LogP contribution in [-0.4, -0.2) is 17.1 Å². The lowest BCUT2D eigenvalue weighted by atomic mass is 10.2. The van der Waals surface area contributed by atoms with Crippen LogP contribution in [-0.2, 0) is 0 Å². The summed E-state index contributed by atoms with van der Waals surface area (Å²) < 4.78 is 5.12. The summed E-state index contributed by atoms with van der Waals surface area (Å²) in [5.41, 5.74) is 0.953. The van der Waals surface area contributed by atoms with E-state index >= 15 is 0 Å². The van der Waals surface area contributed by atoms with E-state index in [1.807, 2.05) is 30.3 Å². The molecular formula is C13H10N2O2S. The number of ether oxygens (including phenoxy) is 1. The first-order chi connectivity index (χ1) is 8.78. The summed E-state index contributed by atoms with van der Waals surface area (Å²) >= 11 is 1.51. The number of methoxy groups -OCH3 is 1. The highest BCUT2D eigenvalue weighted by Crippen LogP contribution is 2.31. The van der Waals surface area contributed by atoms with Crippen molar-refractivity contribution in [2.24, 2.45) is 0 Å². The Balaban J connectivity index is 2.13. The van der Waals surface area contributed by atoms with Crippen LogP contribution in [0.25, 0.3) is 20.7 Å². The first-order valence-corrected chi connectivity index (χ1v) is 6.21. The van der Waals surface area contributed by atoms with E-state index in [1.165, 1.54) is 17.7 Å². The minimum absolute atomic E-state index is 0.101. The van der Waals surface area contributed by atoms with Gasteiger partial charge in [0.15, 0.2) is 0 Å². The number of rotatable bonds is 2. The lowest BCUT2D eigenvalue weighted by molar-refractivity contribution is 0.415. The van der Waals surface area contributed by atoms with Crippen molar-refractivity contribution in [1.29, 1.82) is 0 Å². The topological polar surface area (TPSA) is 55.0 Å². The van der Waals surface area contributed by atoms with Crippen LogP contribution in [0.5, 0.6) is 5.75 Å². The van der Waals surface area contributed by atoms with Crippen molar-refractivity contribution in [3.05, 3.63) is 47.0 Å². The molecule has 3 rings (SSSR count). The number of aromatic amines is 1. The van der Waals surface area contributed by atoms with Gasteiger partial charge in [-0.15, -0.1) is 11.3 Å². The molecule has 0 aliphatic rings. The lowest BCUT2D eigenvalue weighted by Crippen LogP contribution is -2.03. The Morgan fingerprint density at radius 2 is 2.06 bits per heavy atom. The van der Waals surface area contributed by atoms with Gasteiger partial charge >= 0.3 is 0 Å². The molecule has 0 aliphatic carbocycles. The first kappa shape index (κ1) is 11.0. The van der Waals surface area contributed by atoms with Crippen molar-refractivity contribution in [2.45, 2.75) is 0 Å². The molecule has 0 aliphatic heterocycles. The highest BCUT2D eigenvalue weighted by Gasteiger charge is 2.07. The van der Waals surface area contributed by atoms with E-state index in [1.54, 1.807) is 7.11 Å². The van der Waals surface area contributed by atoms with E-state index in [9.17, 15) is 4.79 Å². The number of hydrogen-bond donors (Lipinski definition) is 1. The number of fused-ring (bicyclic) bond motifs is 1. The number of nitrogens with zero attached hydrogens (tertiary/aromatic N) is 1. The maximum Gasteiger partial charge on any atom is 0.259 e. The third-order valence-corrected chi connectivity index (χ3v) is 3.80. The third-order valence-electron chi connectivity index (χ3n) is 2.71. The van der Waals surface area contributed by atoms with Crippen LogP contribution in [0.2, 0.25) is 0 Å². The van der Waals surface area contributed by atoms with Gasteiger partial charge in [0.1, 0.15) is 10.6 Å². The monoisotopic (exact) mass is 258 g/mol. The highest BCUT2D eigenvalue weighted by molar-refractivity contribution is 7.21. The van der Waals surface area contributed by atoms with Crippen molar-refractivity contribution in [3.8, 4) is 16.2 Å². The van der Waals surface area contributed by atoms with E-state index in [0.29, 0.717) is 5.39 Å². The van der Waals surface area contributed by atoms with Crippen LogP contribution in [0.15, 0.2) is 41.5 Å². The van der Waals surface area contributed by atoms with Gasteiger partial charge in [0, 0.05) is 4.88 Å². The quantitative estimate of drug-likeness (QED) is 0.768. The molecule has 2 aromatic heterocycles. The number of benzene rings is 1. The van der Waals surface area contributed by atoms with E-state index in [-0.39, 0.29) is 5.56 Å². The second kappa shape index (κ2) is 4.27. The molecule has 4 nitrogen and oxygen atoms in total. The largest absolute Gasteiger partial charge is 0.497 e. The summed E-state index contributed by atoms with van der Waals surface area (Å²) in [4.78, 5) is 20.1. The Labute approximate surface area is 107 Å². The summed E-state index contributed by atoms with van der Waals surface area (Å²) in [5, 5.41) is 0.633. The van der Waals surface area contributed by atoms with Crippen LogP contribution < -0.4 is 10.3 Å². The van der Waals surface area contributed by atoms with Crippen molar-refractivity contribution in [1.82, 2.24) is 9.97 Å². The molecule has 90 valence electrons. The molecule has 0 saturated heterocycles. The molecular weight excluding hydrogens is 248 g/mol. The second-order valence-corrected chi connectivity index (χ2v) is 4.82. The van der Waals surface area contributed by atoms with Crippen molar-refractivity contribution in [2.75, 3.05) is 7.11 Å². The minimum atomic E-state index is -0.101. The van der Waals surface area contributed by atoms with Crippen molar-refractivity contribution < 1.29 is 4.74 Å². The summed E-state index contributed by atoms with van der Waals surface area (Å²) in [5.74, 6) is 0.816. The molecule has 0 atom stereocenters. The standard InChI is InChI=1S/C13H10N2O2S/c1-17-9-4-2-8(3-5-9)11-6-10-12(16)14-7-15-13(10)18-11/h2-7H,1H3,(H,14,15,16). The normalized spacial score (nSPS) is 10.7. The number of hydrogen-bond acceptors (Lipinski definition) is 4. The Hall–Kier alpha value is -2.14. The molecule has 0 saturated carbocycles.